The van der Waals surface area contributed by atoms with Crippen LogP contribution in [-0.2, 0) is 0 Å². The van der Waals surface area contributed by atoms with Gasteiger partial charge in [-0.3, -0.25) is 0 Å². The minimum atomic E-state index is 0.619. The highest BCUT2D eigenvalue weighted by molar-refractivity contribution is 5.87. The molecule has 2 aliphatic carbocycles. The summed E-state index contributed by atoms with van der Waals surface area (Å²) in [6.07, 6.45) is 23.0. The van der Waals surface area contributed by atoms with Crippen LogP contribution in [0.2, 0.25) is 0 Å². The van der Waals surface area contributed by atoms with Crippen LogP contribution in [0, 0.1) is 5.92 Å². The van der Waals surface area contributed by atoms with E-state index in [0.29, 0.717) is 6.04 Å². The molecule has 5 nitrogen and oxygen atoms in total. The molecular formula is C24H41N5. The van der Waals surface area contributed by atoms with Gasteiger partial charge in [-0.15, -0.1) is 0 Å². The molecule has 29 heavy (non-hydrogen) atoms. The standard InChI is InChI=1S/C15H22N4.C9H19N/c1-19(12-7-5-3-2-4-6-8-12)15-13-9-10-16-14(13)17-11-18-15;10-8-9-6-4-2-1-3-5-7-9/h9-12H,2-8H2,1H3,(H,16,17,18);9H,1-8,10H2. The van der Waals surface area contributed by atoms with Gasteiger partial charge >= 0.3 is 0 Å². The Bertz CT molecular complexity index is 681. The quantitative estimate of drug-likeness (QED) is 0.683. The molecule has 2 fully saturated rings. The first-order valence-corrected chi connectivity index (χ1v) is 12.0. The highest BCUT2D eigenvalue weighted by atomic mass is 15.2. The normalized spacial score (nSPS) is 20.1. The number of aromatic amines is 1. The van der Waals surface area contributed by atoms with Gasteiger partial charge in [0.25, 0.3) is 0 Å². The van der Waals surface area contributed by atoms with E-state index in [9.17, 15) is 0 Å². The van der Waals surface area contributed by atoms with E-state index in [0.717, 1.165) is 29.3 Å². The van der Waals surface area contributed by atoms with Crippen molar-refractivity contribution in [1.82, 2.24) is 15.0 Å². The number of nitrogens with zero attached hydrogens (tertiary/aromatic N) is 3. The van der Waals surface area contributed by atoms with Crippen LogP contribution in [0.5, 0.6) is 0 Å². The Morgan fingerprint density at radius 1 is 0.897 bits per heavy atom. The summed E-state index contributed by atoms with van der Waals surface area (Å²) >= 11 is 0. The monoisotopic (exact) mass is 399 g/mol. The van der Waals surface area contributed by atoms with Gasteiger partial charge in [-0.1, -0.05) is 64.2 Å². The number of hydrogen-bond donors (Lipinski definition) is 2. The zero-order valence-electron chi connectivity index (χ0n) is 18.4. The third kappa shape index (κ3) is 6.70. The third-order valence-corrected chi connectivity index (χ3v) is 6.85. The van der Waals surface area contributed by atoms with Crippen LogP contribution in [0.15, 0.2) is 18.6 Å². The van der Waals surface area contributed by atoms with Crippen molar-refractivity contribution in [2.24, 2.45) is 11.7 Å². The Labute approximate surface area is 176 Å². The average Bonchev–Trinajstić information content (AvgIpc) is 3.17. The summed E-state index contributed by atoms with van der Waals surface area (Å²) in [5, 5.41) is 1.13. The van der Waals surface area contributed by atoms with E-state index in [1.807, 2.05) is 6.20 Å². The largest absolute Gasteiger partial charge is 0.356 e. The van der Waals surface area contributed by atoms with Crippen molar-refractivity contribution < 1.29 is 0 Å². The van der Waals surface area contributed by atoms with Gasteiger partial charge in [0.05, 0.1) is 5.39 Å². The van der Waals surface area contributed by atoms with Crippen molar-refractivity contribution in [3.05, 3.63) is 18.6 Å². The summed E-state index contributed by atoms with van der Waals surface area (Å²) in [6.45, 7) is 0.917. The molecule has 2 aliphatic rings. The molecule has 2 saturated carbocycles. The molecule has 162 valence electrons. The van der Waals surface area contributed by atoms with Crippen molar-refractivity contribution in [2.75, 3.05) is 18.5 Å². The minimum absolute atomic E-state index is 0.619. The Balaban J connectivity index is 0.000000204. The molecule has 0 unspecified atom stereocenters. The van der Waals surface area contributed by atoms with E-state index in [4.69, 9.17) is 5.73 Å². The first kappa shape index (κ1) is 22.1. The number of nitrogens with two attached hydrogens (primary N) is 1. The first-order chi connectivity index (χ1) is 14.3. The van der Waals surface area contributed by atoms with Crippen LogP contribution in [0.1, 0.15) is 89.9 Å². The maximum atomic E-state index is 5.62. The fourth-order valence-corrected chi connectivity index (χ4v) is 4.91. The third-order valence-electron chi connectivity index (χ3n) is 6.85. The number of hydrogen-bond acceptors (Lipinski definition) is 4. The summed E-state index contributed by atoms with van der Waals surface area (Å²) in [5.41, 5.74) is 6.56. The molecule has 2 aromatic heterocycles. The maximum Gasteiger partial charge on any atom is 0.142 e. The molecule has 0 aromatic carbocycles. The van der Waals surface area contributed by atoms with E-state index in [-0.39, 0.29) is 0 Å². The highest BCUT2D eigenvalue weighted by Gasteiger charge is 2.19. The van der Waals surface area contributed by atoms with Crippen LogP contribution < -0.4 is 10.6 Å². The van der Waals surface area contributed by atoms with Crippen LogP contribution in [0.25, 0.3) is 11.0 Å². The van der Waals surface area contributed by atoms with Gasteiger partial charge < -0.3 is 15.6 Å². The second-order valence-electron chi connectivity index (χ2n) is 8.99. The summed E-state index contributed by atoms with van der Waals surface area (Å²) in [7, 11) is 2.18. The summed E-state index contributed by atoms with van der Waals surface area (Å²) in [4.78, 5) is 14.3. The molecule has 0 atom stereocenters. The number of aromatic nitrogens is 3. The van der Waals surface area contributed by atoms with Gasteiger partial charge in [0, 0.05) is 19.3 Å². The molecule has 2 heterocycles. The molecule has 0 saturated heterocycles. The second kappa shape index (κ2) is 12.2. The average molecular weight is 400 g/mol. The molecule has 0 aliphatic heterocycles. The summed E-state index contributed by atoms with van der Waals surface area (Å²) in [6, 6.07) is 2.69. The van der Waals surface area contributed by atoms with Crippen molar-refractivity contribution in [2.45, 2.75) is 95.9 Å². The van der Waals surface area contributed by atoms with Gasteiger partial charge in [0.2, 0.25) is 0 Å². The Morgan fingerprint density at radius 2 is 1.48 bits per heavy atom. The van der Waals surface area contributed by atoms with Gasteiger partial charge in [0.1, 0.15) is 17.8 Å². The number of fused-ring (bicyclic) bond motifs is 1. The summed E-state index contributed by atoms with van der Waals surface area (Å²) < 4.78 is 0. The lowest BCUT2D eigenvalue weighted by Gasteiger charge is -2.30. The molecule has 3 N–H and O–H groups in total. The van der Waals surface area contributed by atoms with Gasteiger partial charge in [-0.25, -0.2) is 9.97 Å². The van der Waals surface area contributed by atoms with Crippen LogP contribution >= 0.6 is 0 Å². The number of nitrogens with one attached hydrogen (secondary N) is 1. The van der Waals surface area contributed by atoms with Gasteiger partial charge in [-0.05, 0) is 44.2 Å². The zero-order valence-corrected chi connectivity index (χ0v) is 18.4. The van der Waals surface area contributed by atoms with Crippen LogP contribution in [0.4, 0.5) is 5.82 Å². The Kier molecular flexibility index (Phi) is 9.26. The lowest BCUT2D eigenvalue weighted by Crippen LogP contribution is -2.33. The van der Waals surface area contributed by atoms with Crippen LogP contribution in [-0.4, -0.2) is 34.6 Å². The number of anilines is 1. The van der Waals surface area contributed by atoms with Crippen LogP contribution in [0.3, 0.4) is 0 Å². The number of H-pyrrole nitrogens is 1. The lowest BCUT2D eigenvalue weighted by atomic mass is 9.91. The molecule has 0 amide bonds. The Hall–Kier alpha value is -1.62. The first-order valence-electron chi connectivity index (χ1n) is 12.0. The fourth-order valence-electron chi connectivity index (χ4n) is 4.91. The smallest absolute Gasteiger partial charge is 0.142 e. The van der Waals surface area contributed by atoms with Gasteiger partial charge in [-0.2, -0.15) is 0 Å². The topological polar surface area (TPSA) is 70.8 Å². The lowest BCUT2D eigenvalue weighted by molar-refractivity contribution is 0.385. The predicted octanol–water partition coefficient (Wildman–Crippen LogP) is 5.81. The SMILES string of the molecule is CN(c1ncnc2[nH]ccc12)C1CCCCCCC1.NCC1CCCCCCC1. The van der Waals surface area contributed by atoms with Crippen molar-refractivity contribution >= 4 is 16.9 Å². The molecular weight excluding hydrogens is 358 g/mol. The van der Waals surface area contributed by atoms with E-state index >= 15 is 0 Å². The van der Waals surface area contributed by atoms with Crippen molar-refractivity contribution in [1.29, 1.82) is 0 Å². The highest BCUT2D eigenvalue weighted by Crippen LogP contribution is 2.27. The van der Waals surface area contributed by atoms with Crippen molar-refractivity contribution in [3.63, 3.8) is 0 Å². The fraction of sp³-hybridized carbons (Fsp3) is 0.750. The predicted molar refractivity (Wildman–Crippen MR) is 123 cm³/mol. The van der Waals surface area contributed by atoms with E-state index in [1.165, 1.54) is 89.9 Å². The molecule has 0 radical (unpaired) electrons. The van der Waals surface area contributed by atoms with E-state index < -0.39 is 0 Å². The minimum Gasteiger partial charge on any atom is -0.356 e. The second-order valence-corrected chi connectivity index (χ2v) is 8.99. The zero-order chi connectivity index (χ0) is 20.3. The molecule has 2 aromatic rings. The maximum absolute atomic E-state index is 5.62. The van der Waals surface area contributed by atoms with Gasteiger partial charge in [0.15, 0.2) is 0 Å². The molecule has 0 bridgehead atoms. The Morgan fingerprint density at radius 3 is 2.10 bits per heavy atom. The van der Waals surface area contributed by atoms with E-state index in [1.54, 1.807) is 6.33 Å². The van der Waals surface area contributed by atoms with E-state index in [2.05, 4.69) is 33.0 Å². The number of rotatable bonds is 3. The molecule has 5 heteroatoms. The summed E-state index contributed by atoms with van der Waals surface area (Å²) in [5.74, 6) is 1.91. The van der Waals surface area contributed by atoms with Crippen molar-refractivity contribution in [3.8, 4) is 0 Å². The molecule has 0 spiro atoms. The molecule has 4 rings (SSSR count).